The number of nitrogens with zero attached hydrogens (tertiary/aromatic N) is 4. The number of nitrogens with one attached hydrogen (secondary N) is 1. The zero-order chi connectivity index (χ0) is 17.2. The Morgan fingerprint density at radius 1 is 1.36 bits per heavy atom. The summed E-state index contributed by atoms with van der Waals surface area (Å²) in [7, 11) is 1.95. The van der Waals surface area contributed by atoms with Crippen LogP contribution in [0.3, 0.4) is 0 Å². The Labute approximate surface area is 145 Å². The molecule has 1 N–H and O–H groups in total. The van der Waals surface area contributed by atoms with Crippen LogP contribution in [-0.2, 0) is 4.74 Å². The third kappa shape index (κ3) is 3.15. The van der Waals surface area contributed by atoms with Gasteiger partial charge in [-0.05, 0) is 30.9 Å². The smallest absolute Gasteiger partial charge is 0.263 e. The van der Waals surface area contributed by atoms with E-state index in [0.717, 1.165) is 38.3 Å². The van der Waals surface area contributed by atoms with Crippen molar-refractivity contribution in [1.29, 1.82) is 0 Å². The minimum atomic E-state index is -0.172. The van der Waals surface area contributed by atoms with E-state index >= 15 is 0 Å². The van der Waals surface area contributed by atoms with E-state index in [0.29, 0.717) is 22.9 Å². The molecule has 3 heterocycles. The maximum atomic E-state index is 12.4. The van der Waals surface area contributed by atoms with Gasteiger partial charge in [-0.1, -0.05) is 18.2 Å². The van der Waals surface area contributed by atoms with Crippen molar-refractivity contribution < 1.29 is 4.74 Å². The number of anilines is 1. The molecule has 130 valence electrons. The normalized spacial score (nSPS) is 17.7. The molecule has 3 aromatic rings. The molecule has 0 radical (unpaired) electrons. The fourth-order valence-corrected chi connectivity index (χ4v) is 3.27. The summed E-state index contributed by atoms with van der Waals surface area (Å²) >= 11 is 0. The average Bonchev–Trinajstić information content (AvgIpc) is 3.08. The fraction of sp³-hybridized carbons (Fsp3) is 0.389. The van der Waals surface area contributed by atoms with Crippen molar-refractivity contribution in [2.45, 2.75) is 12.8 Å². The standard InChI is InChI=1S/C18H21N5O2/c1-22(11-13-6-5-9-25-12-13)18-20-16-15(17(24)21-18)10-19-23(16)14-7-3-2-4-8-14/h2-4,7-8,10,13H,5-6,9,11-12H2,1H3,(H,20,21,24)/t13-/m0/s1. The van der Waals surface area contributed by atoms with Gasteiger partial charge in [0.2, 0.25) is 5.95 Å². The molecule has 7 heteroatoms. The lowest BCUT2D eigenvalue weighted by molar-refractivity contribution is 0.0575. The first-order chi connectivity index (χ1) is 12.2. The van der Waals surface area contributed by atoms with E-state index in [-0.39, 0.29) is 5.56 Å². The first kappa shape index (κ1) is 15.8. The number of hydrogen-bond donors (Lipinski definition) is 1. The highest BCUT2D eigenvalue weighted by Gasteiger charge is 2.19. The second-order valence-corrected chi connectivity index (χ2v) is 6.48. The summed E-state index contributed by atoms with van der Waals surface area (Å²) in [5.41, 5.74) is 1.27. The molecule has 0 saturated carbocycles. The van der Waals surface area contributed by atoms with E-state index in [4.69, 9.17) is 4.74 Å². The molecule has 7 nitrogen and oxygen atoms in total. The van der Waals surface area contributed by atoms with Crippen molar-refractivity contribution in [3.63, 3.8) is 0 Å². The molecule has 1 fully saturated rings. The number of fused-ring (bicyclic) bond motifs is 1. The average molecular weight is 339 g/mol. The Morgan fingerprint density at radius 3 is 2.96 bits per heavy atom. The van der Waals surface area contributed by atoms with Crippen molar-refractivity contribution in [1.82, 2.24) is 19.7 Å². The van der Waals surface area contributed by atoms with Gasteiger partial charge in [0, 0.05) is 20.2 Å². The number of aromatic amines is 1. The van der Waals surface area contributed by atoms with E-state index in [1.54, 1.807) is 10.9 Å². The van der Waals surface area contributed by atoms with Gasteiger partial charge in [0.15, 0.2) is 5.65 Å². The number of H-pyrrole nitrogens is 1. The Morgan fingerprint density at radius 2 is 2.20 bits per heavy atom. The van der Waals surface area contributed by atoms with Crippen LogP contribution in [0, 0.1) is 5.92 Å². The van der Waals surface area contributed by atoms with E-state index in [1.807, 2.05) is 42.3 Å². The van der Waals surface area contributed by atoms with Crippen molar-refractivity contribution in [3.05, 3.63) is 46.9 Å². The molecule has 1 aliphatic heterocycles. The van der Waals surface area contributed by atoms with E-state index in [9.17, 15) is 4.79 Å². The SMILES string of the molecule is CN(C[C@@H]1CCCOC1)c1nc2c(cnn2-c2ccccc2)c(=O)[nH]1. The zero-order valence-corrected chi connectivity index (χ0v) is 14.2. The summed E-state index contributed by atoms with van der Waals surface area (Å²) in [6, 6.07) is 9.70. The van der Waals surface area contributed by atoms with Gasteiger partial charge in [0.25, 0.3) is 5.56 Å². The van der Waals surface area contributed by atoms with Crippen LogP contribution >= 0.6 is 0 Å². The Bertz CT molecular complexity index is 912. The molecule has 25 heavy (non-hydrogen) atoms. The molecular formula is C18H21N5O2. The molecule has 4 rings (SSSR count). The van der Waals surface area contributed by atoms with Gasteiger partial charge in [0.1, 0.15) is 5.39 Å². The Kier molecular flexibility index (Phi) is 4.23. The quantitative estimate of drug-likeness (QED) is 0.786. The van der Waals surface area contributed by atoms with Crippen molar-refractivity contribution in [2.24, 2.45) is 5.92 Å². The molecule has 1 saturated heterocycles. The highest BCUT2D eigenvalue weighted by Crippen LogP contribution is 2.19. The van der Waals surface area contributed by atoms with Gasteiger partial charge >= 0.3 is 0 Å². The van der Waals surface area contributed by atoms with Crippen molar-refractivity contribution >= 4 is 17.0 Å². The molecule has 0 bridgehead atoms. The van der Waals surface area contributed by atoms with Crippen molar-refractivity contribution in [3.8, 4) is 5.69 Å². The largest absolute Gasteiger partial charge is 0.381 e. The maximum absolute atomic E-state index is 12.4. The molecule has 1 atom stereocenters. The second kappa shape index (κ2) is 6.68. The van der Waals surface area contributed by atoms with Gasteiger partial charge in [-0.3, -0.25) is 9.78 Å². The van der Waals surface area contributed by atoms with Crippen LogP contribution in [0.25, 0.3) is 16.7 Å². The van der Waals surface area contributed by atoms with Gasteiger partial charge in [0.05, 0.1) is 18.5 Å². The maximum Gasteiger partial charge on any atom is 0.263 e. The highest BCUT2D eigenvalue weighted by molar-refractivity contribution is 5.76. The van der Waals surface area contributed by atoms with Gasteiger partial charge < -0.3 is 9.64 Å². The third-order valence-corrected chi connectivity index (χ3v) is 4.57. The van der Waals surface area contributed by atoms with Crippen LogP contribution in [0.1, 0.15) is 12.8 Å². The molecule has 2 aromatic heterocycles. The summed E-state index contributed by atoms with van der Waals surface area (Å²) in [6.45, 7) is 2.41. The number of rotatable bonds is 4. The summed E-state index contributed by atoms with van der Waals surface area (Å²) in [4.78, 5) is 22.0. The molecule has 0 aliphatic carbocycles. The molecule has 1 aromatic carbocycles. The van der Waals surface area contributed by atoms with E-state index in [1.165, 1.54) is 0 Å². The van der Waals surface area contributed by atoms with Crippen molar-refractivity contribution in [2.75, 3.05) is 31.7 Å². The minimum absolute atomic E-state index is 0.172. The molecular weight excluding hydrogens is 318 g/mol. The van der Waals surface area contributed by atoms with E-state index in [2.05, 4.69) is 15.1 Å². The van der Waals surface area contributed by atoms with E-state index < -0.39 is 0 Å². The summed E-state index contributed by atoms with van der Waals surface area (Å²) < 4.78 is 7.24. The molecule has 0 spiro atoms. The highest BCUT2D eigenvalue weighted by atomic mass is 16.5. The predicted octanol–water partition coefficient (Wildman–Crippen LogP) is 1.97. The van der Waals surface area contributed by atoms with Crippen LogP contribution in [0.2, 0.25) is 0 Å². The van der Waals surface area contributed by atoms with Crippen LogP contribution in [0.15, 0.2) is 41.3 Å². The lowest BCUT2D eigenvalue weighted by Crippen LogP contribution is -2.32. The molecule has 1 aliphatic rings. The van der Waals surface area contributed by atoms with Gasteiger partial charge in [-0.25, -0.2) is 4.68 Å². The fourth-order valence-electron chi connectivity index (χ4n) is 3.27. The zero-order valence-electron chi connectivity index (χ0n) is 14.2. The van der Waals surface area contributed by atoms with Crippen LogP contribution in [0.5, 0.6) is 0 Å². The lowest BCUT2D eigenvalue weighted by Gasteiger charge is -2.27. The summed E-state index contributed by atoms with van der Waals surface area (Å²) in [6.07, 6.45) is 3.79. The van der Waals surface area contributed by atoms with Crippen LogP contribution in [-0.4, -0.2) is 46.6 Å². The van der Waals surface area contributed by atoms with Gasteiger partial charge in [-0.2, -0.15) is 10.1 Å². The number of benzene rings is 1. The topological polar surface area (TPSA) is 76.0 Å². The Balaban J connectivity index is 1.69. The first-order valence-electron chi connectivity index (χ1n) is 8.55. The number of para-hydroxylation sites is 1. The predicted molar refractivity (Wildman–Crippen MR) is 96.3 cm³/mol. The summed E-state index contributed by atoms with van der Waals surface area (Å²) in [5.74, 6) is 1.01. The second-order valence-electron chi connectivity index (χ2n) is 6.48. The summed E-state index contributed by atoms with van der Waals surface area (Å²) in [5, 5.41) is 4.83. The number of hydrogen-bond acceptors (Lipinski definition) is 5. The number of ether oxygens (including phenoxy) is 1. The number of aromatic nitrogens is 4. The Hall–Kier alpha value is -2.67. The lowest BCUT2D eigenvalue weighted by atomic mass is 10.0. The molecule has 0 unspecified atom stereocenters. The third-order valence-electron chi connectivity index (χ3n) is 4.57. The van der Waals surface area contributed by atoms with Crippen LogP contribution < -0.4 is 10.5 Å². The first-order valence-corrected chi connectivity index (χ1v) is 8.55. The monoisotopic (exact) mass is 339 g/mol. The van der Waals surface area contributed by atoms with Crippen LogP contribution in [0.4, 0.5) is 5.95 Å². The minimum Gasteiger partial charge on any atom is -0.381 e. The molecule has 0 amide bonds. The van der Waals surface area contributed by atoms with Gasteiger partial charge in [-0.15, -0.1) is 0 Å².